The average Bonchev–Trinajstić information content (AvgIpc) is 3.10. The Hall–Kier alpha value is -2.97. The van der Waals surface area contributed by atoms with Crippen LogP contribution < -0.4 is 9.64 Å². The molecule has 7 nitrogen and oxygen atoms in total. The van der Waals surface area contributed by atoms with Crippen molar-refractivity contribution in [2.75, 3.05) is 38.2 Å². The van der Waals surface area contributed by atoms with Crippen LogP contribution in [-0.4, -0.2) is 57.5 Å². The number of rotatable bonds is 7. The molecule has 0 bridgehead atoms. The lowest BCUT2D eigenvalue weighted by Crippen LogP contribution is -2.47. The molecule has 8 heteroatoms. The average molecular weight is 423 g/mol. The molecule has 0 N–H and O–H groups in total. The first-order valence-electron chi connectivity index (χ1n) is 10.0. The summed E-state index contributed by atoms with van der Waals surface area (Å²) in [5, 5.41) is 4.81. The topological polar surface area (TPSA) is 51.4 Å². The number of anilines is 1. The van der Waals surface area contributed by atoms with Crippen LogP contribution in [0.1, 0.15) is 0 Å². The molecule has 2 aromatic heterocycles. The molecule has 4 rings (SSSR count). The highest BCUT2D eigenvalue weighted by molar-refractivity contribution is 7.71. The minimum Gasteiger partial charge on any atom is -0.495 e. The Morgan fingerprint density at radius 3 is 2.63 bits per heavy atom. The van der Waals surface area contributed by atoms with Gasteiger partial charge in [0.15, 0.2) is 10.6 Å². The molecule has 0 amide bonds. The van der Waals surface area contributed by atoms with Crippen molar-refractivity contribution in [2.45, 2.75) is 13.2 Å². The normalized spacial score (nSPS) is 14.6. The number of methoxy groups -OCH3 is 1. The minimum absolute atomic E-state index is 0.616. The number of hydrogen-bond acceptors (Lipinski definition) is 6. The second kappa shape index (κ2) is 9.23. The lowest BCUT2D eigenvalue weighted by atomic mass is 10.2. The molecule has 1 aliphatic heterocycles. The summed E-state index contributed by atoms with van der Waals surface area (Å²) < 4.78 is 10.1. The first-order chi connectivity index (χ1) is 14.7. The van der Waals surface area contributed by atoms with E-state index in [0.717, 1.165) is 49.0 Å². The van der Waals surface area contributed by atoms with Crippen LogP contribution in [0.15, 0.2) is 61.4 Å². The predicted octanol–water partition coefficient (Wildman–Crippen LogP) is 3.45. The van der Waals surface area contributed by atoms with E-state index in [1.807, 2.05) is 45.8 Å². The smallest absolute Gasteiger partial charge is 0.199 e. The third kappa shape index (κ3) is 4.15. The van der Waals surface area contributed by atoms with Gasteiger partial charge in [-0.05, 0) is 36.5 Å². The monoisotopic (exact) mass is 422 g/mol. The van der Waals surface area contributed by atoms with Gasteiger partial charge in [-0.3, -0.25) is 14.5 Å². The van der Waals surface area contributed by atoms with Gasteiger partial charge in [0.2, 0.25) is 0 Å². The van der Waals surface area contributed by atoms with Crippen molar-refractivity contribution in [3.05, 3.63) is 66.2 Å². The molecule has 0 saturated carbocycles. The van der Waals surface area contributed by atoms with Crippen molar-refractivity contribution < 1.29 is 4.74 Å². The minimum atomic E-state index is 0.616. The standard InChI is InChI=1S/C22H26N6OS/c1-3-11-27-21(18-7-6-10-23-16-18)24-28(22(27)30)17-25-12-14-26(15-13-25)19-8-4-5-9-20(19)29-2/h3-10,16H,1,11-15,17H2,2H3. The number of pyridine rings is 1. The van der Waals surface area contributed by atoms with E-state index in [1.54, 1.807) is 13.3 Å². The SMILES string of the molecule is C=CCn1c(-c2cccnc2)nn(CN2CCN(c3ccccc3OC)CC2)c1=S. The van der Waals surface area contributed by atoms with Gasteiger partial charge in [-0.15, -0.1) is 6.58 Å². The molecule has 3 aromatic rings. The lowest BCUT2D eigenvalue weighted by Gasteiger charge is -2.36. The van der Waals surface area contributed by atoms with Gasteiger partial charge < -0.3 is 9.64 Å². The van der Waals surface area contributed by atoms with Gasteiger partial charge in [0, 0.05) is 50.7 Å². The first kappa shape index (κ1) is 20.3. The summed E-state index contributed by atoms with van der Waals surface area (Å²) in [7, 11) is 1.72. The zero-order valence-corrected chi connectivity index (χ0v) is 18.0. The molecule has 0 spiro atoms. The molecule has 3 heterocycles. The second-order valence-electron chi connectivity index (χ2n) is 7.17. The molecule has 0 atom stereocenters. The van der Waals surface area contributed by atoms with Gasteiger partial charge >= 0.3 is 0 Å². The van der Waals surface area contributed by atoms with E-state index in [9.17, 15) is 0 Å². The Labute approximate surface area is 181 Å². The molecule has 1 saturated heterocycles. The van der Waals surface area contributed by atoms with Gasteiger partial charge in [0.25, 0.3) is 0 Å². The summed E-state index contributed by atoms with van der Waals surface area (Å²) in [6, 6.07) is 12.1. The summed E-state index contributed by atoms with van der Waals surface area (Å²) in [6.45, 7) is 8.85. The molecule has 1 aliphatic rings. The summed E-state index contributed by atoms with van der Waals surface area (Å²) in [6.07, 6.45) is 5.41. The van der Waals surface area contributed by atoms with Crippen LogP contribution in [-0.2, 0) is 13.2 Å². The molecular formula is C22H26N6OS. The van der Waals surface area contributed by atoms with Crippen molar-refractivity contribution in [3.63, 3.8) is 0 Å². The highest BCUT2D eigenvalue weighted by Crippen LogP contribution is 2.28. The molecular weight excluding hydrogens is 396 g/mol. The first-order valence-corrected chi connectivity index (χ1v) is 10.4. The quantitative estimate of drug-likeness (QED) is 0.429. The van der Waals surface area contributed by atoms with E-state index in [0.29, 0.717) is 18.0 Å². The van der Waals surface area contributed by atoms with Crippen molar-refractivity contribution in [3.8, 4) is 17.1 Å². The second-order valence-corrected chi connectivity index (χ2v) is 7.53. The van der Waals surface area contributed by atoms with Crippen LogP contribution in [0.3, 0.4) is 0 Å². The number of nitrogens with zero attached hydrogens (tertiary/aromatic N) is 6. The van der Waals surface area contributed by atoms with E-state index in [4.69, 9.17) is 22.1 Å². The number of para-hydroxylation sites is 2. The summed E-state index contributed by atoms with van der Waals surface area (Å²) in [4.78, 5) is 8.96. The maximum Gasteiger partial charge on any atom is 0.199 e. The van der Waals surface area contributed by atoms with Crippen molar-refractivity contribution in [1.29, 1.82) is 0 Å². The van der Waals surface area contributed by atoms with Gasteiger partial charge in [-0.1, -0.05) is 18.2 Å². The Balaban J connectivity index is 1.49. The Morgan fingerprint density at radius 2 is 1.93 bits per heavy atom. The van der Waals surface area contributed by atoms with E-state index in [1.165, 1.54) is 0 Å². The fourth-order valence-electron chi connectivity index (χ4n) is 3.75. The molecule has 0 unspecified atom stereocenters. The maximum absolute atomic E-state index is 5.72. The number of aromatic nitrogens is 4. The highest BCUT2D eigenvalue weighted by Gasteiger charge is 2.21. The van der Waals surface area contributed by atoms with Crippen molar-refractivity contribution in [2.24, 2.45) is 0 Å². The Kier molecular flexibility index (Phi) is 6.25. The Morgan fingerprint density at radius 1 is 1.13 bits per heavy atom. The molecule has 0 aliphatic carbocycles. The zero-order valence-electron chi connectivity index (χ0n) is 17.1. The molecule has 1 aromatic carbocycles. The van der Waals surface area contributed by atoms with Crippen molar-refractivity contribution in [1.82, 2.24) is 24.2 Å². The number of hydrogen-bond donors (Lipinski definition) is 0. The number of allylic oxidation sites excluding steroid dienone is 1. The van der Waals surface area contributed by atoms with Crippen LogP contribution in [0.2, 0.25) is 0 Å². The highest BCUT2D eigenvalue weighted by atomic mass is 32.1. The number of ether oxygens (including phenoxy) is 1. The van der Waals surface area contributed by atoms with E-state index in [2.05, 4.69) is 33.5 Å². The fourth-order valence-corrected chi connectivity index (χ4v) is 4.01. The van der Waals surface area contributed by atoms with Crippen LogP contribution in [0.25, 0.3) is 11.4 Å². The fraction of sp³-hybridized carbons (Fsp3) is 0.318. The number of benzene rings is 1. The summed E-state index contributed by atoms with van der Waals surface area (Å²) >= 11 is 5.72. The zero-order chi connectivity index (χ0) is 20.9. The largest absolute Gasteiger partial charge is 0.495 e. The third-order valence-electron chi connectivity index (χ3n) is 5.29. The van der Waals surface area contributed by atoms with Crippen LogP contribution in [0.5, 0.6) is 5.75 Å². The van der Waals surface area contributed by atoms with Gasteiger partial charge in [0.05, 0.1) is 19.5 Å². The number of piperazine rings is 1. The Bertz CT molecular complexity index is 1050. The lowest BCUT2D eigenvalue weighted by molar-refractivity contribution is 0.194. The maximum atomic E-state index is 5.72. The molecule has 0 radical (unpaired) electrons. The predicted molar refractivity (Wildman–Crippen MR) is 121 cm³/mol. The van der Waals surface area contributed by atoms with Gasteiger partial charge in [-0.25, -0.2) is 4.68 Å². The van der Waals surface area contributed by atoms with Gasteiger partial charge in [-0.2, -0.15) is 5.10 Å². The molecule has 1 fully saturated rings. The summed E-state index contributed by atoms with van der Waals surface area (Å²) in [5.74, 6) is 1.73. The molecule has 30 heavy (non-hydrogen) atoms. The van der Waals surface area contributed by atoms with Crippen LogP contribution in [0.4, 0.5) is 5.69 Å². The summed E-state index contributed by atoms with van der Waals surface area (Å²) in [5.41, 5.74) is 2.09. The molecule has 156 valence electrons. The van der Waals surface area contributed by atoms with Gasteiger partial charge in [0.1, 0.15) is 5.75 Å². The van der Waals surface area contributed by atoms with Crippen LogP contribution >= 0.6 is 12.2 Å². The van der Waals surface area contributed by atoms with Crippen molar-refractivity contribution >= 4 is 17.9 Å². The van der Waals surface area contributed by atoms with E-state index in [-0.39, 0.29) is 0 Å². The van der Waals surface area contributed by atoms with Crippen LogP contribution in [0, 0.1) is 4.77 Å². The van der Waals surface area contributed by atoms with E-state index >= 15 is 0 Å². The van der Waals surface area contributed by atoms with E-state index < -0.39 is 0 Å². The third-order valence-corrected chi connectivity index (χ3v) is 5.72.